The zero-order valence-corrected chi connectivity index (χ0v) is 57.8. The maximum atomic E-state index is 12.8. The van der Waals surface area contributed by atoms with Gasteiger partial charge in [0.1, 0.15) is 73.2 Å². The Labute approximate surface area is 564 Å². The van der Waals surface area contributed by atoms with Crippen molar-refractivity contribution in [2.24, 2.45) is 0 Å². The fourth-order valence-corrected chi connectivity index (χ4v) is 14.7. The fraction of sp³-hybridized carbons (Fsp3) is 1.00. The monoisotopic (exact) mass is 1790 g/mol. The van der Waals surface area contributed by atoms with Gasteiger partial charge < -0.3 is 33.2 Å². The number of hydrogen-bond donors (Lipinski definition) is 14. The van der Waals surface area contributed by atoms with E-state index in [0.29, 0.717) is 0 Å². The van der Waals surface area contributed by atoms with Crippen molar-refractivity contribution in [1.82, 2.24) is 0 Å². The van der Waals surface area contributed by atoms with Gasteiger partial charge in [0.05, 0.1) is 26.4 Å². The van der Waals surface area contributed by atoms with Crippen LogP contribution in [0.4, 0.5) is 0 Å². The highest BCUT2D eigenvalue weighted by Gasteiger charge is 2.62. The normalized spacial score (nSPS) is 32.5. The molecule has 0 radical (unpaired) electrons. The molecule has 0 aromatic carbocycles. The van der Waals surface area contributed by atoms with Crippen LogP contribution in [0.25, 0.3) is 0 Å². The third kappa shape index (κ3) is 33.5. The zero-order valence-electron chi connectivity index (χ0n) is 46.4. The van der Waals surface area contributed by atoms with E-state index in [1.54, 1.807) is 0 Å². The minimum Gasteiger partial charge on any atom is -0.347 e. The third-order valence-corrected chi connectivity index (χ3v) is 17.5. The second-order valence-electron chi connectivity index (χ2n) is 18.3. The lowest BCUT2D eigenvalue weighted by molar-refractivity contribution is -0.383. The summed E-state index contributed by atoms with van der Waals surface area (Å²) in [7, 11) is -90.3. The van der Waals surface area contributed by atoms with Gasteiger partial charge >= 0.3 is 146 Å². The molecule has 4 saturated heterocycles. The van der Waals surface area contributed by atoms with Gasteiger partial charge in [0, 0.05) is 0 Å². The Balaban J connectivity index is 2.16. The summed E-state index contributed by atoms with van der Waals surface area (Å²) in [6, 6.07) is 0. The molecular formula is C24H42O63S14. The Morgan fingerprint density at radius 2 is 0.356 bits per heavy atom. The lowest BCUT2D eigenvalue weighted by Gasteiger charge is -2.49. The van der Waals surface area contributed by atoms with Gasteiger partial charge in [-0.2, -0.15) is 118 Å². The average Bonchev–Trinajstić information content (AvgIpc) is 0.761. The second kappa shape index (κ2) is 33.0. The van der Waals surface area contributed by atoms with Gasteiger partial charge in [0.25, 0.3) is 0 Å². The van der Waals surface area contributed by atoms with E-state index >= 15 is 0 Å². The molecule has 4 fully saturated rings. The second-order valence-corrected chi connectivity index (χ2v) is 33.1. The predicted octanol–water partition coefficient (Wildman–Crippen LogP) is -12.2. The summed E-state index contributed by atoms with van der Waals surface area (Å²) in [6.45, 7) is -9.13. The van der Waals surface area contributed by atoms with Crippen molar-refractivity contribution in [2.75, 3.05) is 26.4 Å². The molecule has 600 valence electrons. The Bertz CT molecular complexity index is 4610. The van der Waals surface area contributed by atoms with Crippen LogP contribution in [-0.2, 0) is 237 Å². The van der Waals surface area contributed by atoms with Gasteiger partial charge in [-0.3, -0.25) is 63.7 Å². The molecule has 0 aromatic rings. The molecule has 0 amide bonds. The van der Waals surface area contributed by atoms with Crippen LogP contribution in [0, 0.1) is 0 Å². The molecule has 0 bridgehead atoms. The van der Waals surface area contributed by atoms with E-state index < -0.39 is 295 Å². The lowest BCUT2D eigenvalue weighted by atomic mass is 9.96. The van der Waals surface area contributed by atoms with Crippen molar-refractivity contribution in [3.8, 4) is 0 Å². The van der Waals surface area contributed by atoms with Crippen molar-refractivity contribution < 1.29 is 273 Å². The highest BCUT2D eigenvalue weighted by molar-refractivity contribution is 7.84. The molecule has 0 aromatic heterocycles. The van der Waals surface area contributed by atoms with Crippen LogP contribution in [0.15, 0.2) is 0 Å². The molecule has 4 aliphatic heterocycles. The Morgan fingerprint density at radius 1 is 0.188 bits per heavy atom. The Hall–Kier alpha value is -2.10. The zero-order chi connectivity index (χ0) is 78.2. The number of ether oxygens (including phenoxy) is 7. The van der Waals surface area contributed by atoms with E-state index in [0.717, 1.165) is 0 Å². The first-order valence-corrected chi connectivity index (χ1v) is 42.4. The summed E-state index contributed by atoms with van der Waals surface area (Å²) in [6.07, 6.45) is -72.8. The fourth-order valence-electron chi connectivity index (χ4n) is 8.36. The smallest absolute Gasteiger partial charge is 0.347 e. The average molecular weight is 1790 g/mol. The molecular weight excluding hydrogens is 1750 g/mol. The number of rotatable bonds is 38. The van der Waals surface area contributed by atoms with Gasteiger partial charge in [-0.25, -0.2) is 58.6 Å². The molecule has 101 heavy (non-hydrogen) atoms. The summed E-state index contributed by atoms with van der Waals surface area (Å²) in [5, 5.41) is 0. The van der Waals surface area contributed by atoms with Crippen molar-refractivity contribution >= 4 is 146 Å². The van der Waals surface area contributed by atoms with E-state index in [1.165, 1.54) is 0 Å². The highest BCUT2D eigenvalue weighted by atomic mass is 32.3. The molecule has 4 rings (SSSR count). The molecule has 0 spiro atoms. The third-order valence-electron chi connectivity index (χ3n) is 11.1. The standard InChI is InChI=1S/C24H42O63S14/c25-88(26,27)68-2-6-9(13(80-94(43,44)45)18(85-99(58,59)60)23(73-6)76-24-20(87-101(64,65)66)16(83-97(52,53)54)12(79-93(40,41)42)8(74-24)4-70-90(31,32)33)75-22-19(86-100(61,62)63)15(82-96(49,50)51)10(77-91(34,35)36)5(72-22)1-67-21-17(84-98(55,56)57)14(81-95(46,47)48)11(78-92(37,38)39)7(71-21)3-69-89(28,29)30/h5-24H,1-4H2,(H,25,26,27)(H,28,29,30)(H,31,32,33)(H,34,35,36)(H,37,38,39)(H,40,41,42)(H,43,44,45)(H,46,47,48)(H,49,50,51)(H,52,53,54)(H,55,56,57)(H,58,59,60)(H,61,62,63)(H,64,65,66)/t5-,6-,7-,8-,9-,10-,11-,12-,13+,14+,15+,16+,17-,18-,19-,20-,21-,22+,23-,24-/m1/s1. The van der Waals surface area contributed by atoms with Crippen molar-refractivity contribution in [1.29, 1.82) is 0 Å². The lowest BCUT2D eigenvalue weighted by Crippen LogP contribution is -2.68. The Kier molecular flexibility index (Phi) is 29.8. The summed E-state index contributed by atoms with van der Waals surface area (Å²) >= 11 is 0. The van der Waals surface area contributed by atoms with E-state index in [9.17, 15) is 182 Å². The van der Waals surface area contributed by atoms with Crippen LogP contribution in [0.3, 0.4) is 0 Å². The van der Waals surface area contributed by atoms with Crippen molar-refractivity contribution in [3.05, 3.63) is 0 Å². The number of hydrogen-bond acceptors (Lipinski definition) is 49. The molecule has 0 unspecified atom stereocenters. The minimum absolute atomic E-state index is 2.12. The van der Waals surface area contributed by atoms with Crippen LogP contribution in [0.2, 0.25) is 0 Å². The van der Waals surface area contributed by atoms with Crippen LogP contribution in [-0.4, -0.2) is 331 Å². The molecule has 20 atom stereocenters. The molecule has 14 N–H and O–H groups in total. The summed E-state index contributed by atoms with van der Waals surface area (Å²) in [5.74, 6) is 0. The SMILES string of the molecule is O=S(=O)(O)OC[C@H]1O[C@H](O[C@H]2O[C@H](COS(=O)(=O)O)[C@@H](OS(=O)(=O)O)[C@H](OS(=O)(=O)O)[C@H]2OS(=O)(=O)O)[C@H](OS(=O)(=O)O)[C@@H](OS(=O)(=O)O)[C@@H]1O[C@@H]1O[C@H](CO[C@@H]2O[C@H](COS(=O)(=O)O)[C@@H](OS(=O)(=O)O)[C@H](OS(=O)(=O)O)[C@H]2OS(=O)(=O)O)[C@@H](OS(=O)(=O)O)[C@H](OS(=O)(=O)O)[C@H]1OS(=O)(=O)O. The maximum Gasteiger partial charge on any atom is 0.397 e. The van der Waals surface area contributed by atoms with Crippen LogP contribution < -0.4 is 0 Å². The van der Waals surface area contributed by atoms with Crippen LogP contribution >= 0.6 is 0 Å². The van der Waals surface area contributed by atoms with Gasteiger partial charge in [-0.1, -0.05) is 0 Å². The largest absolute Gasteiger partial charge is 0.397 e. The van der Waals surface area contributed by atoms with Gasteiger partial charge in [0.2, 0.25) is 0 Å². The van der Waals surface area contributed by atoms with Crippen LogP contribution in [0.5, 0.6) is 0 Å². The summed E-state index contributed by atoms with van der Waals surface area (Å²) < 4.78 is 571. The summed E-state index contributed by atoms with van der Waals surface area (Å²) in [5.41, 5.74) is 0. The van der Waals surface area contributed by atoms with Gasteiger partial charge in [0.15, 0.2) is 49.6 Å². The molecule has 0 aliphatic carbocycles. The first-order valence-electron chi connectivity index (χ1n) is 23.3. The first-order chi connectivity index (χ1) is 44.7. The molecule has 0 saturated carbocycles. The van der Waals surface area contributed by atoms with Crippen molar-refractivity contribution in [2.45, 2.75) is 123 Å². The molecule has 4 aliphatic rings. The van der Waals surface area contributed by atoms with E-state index in [2.05, 4.69) is 58.6 Å². The van der Waals surface area contributed by atoms with Gasteiger partial charge in [-0.05, 0) is 0 Å². The molecule has 63 nitrogen and oxygen atoms in total. The Morgan fingerprint density at radius 3 is 0.584 bits per heavy atom. The quantitative estimate of drug-likeness (QED) is 0.0255. The van der Waals surface area contributed by atoms with E-state index in [1.807, 2.05) is 0 Å². The molecule has 4 heterocycles. The van der Waals surface area contributed by atoms with Crippen molar-refractivity contribution in [3.63, 3.8) is 0 Å². The molecule has 77 heteroatoms. The predicted molar refractivity (Wildman–Crippen MR) is 280 cm³/mol. The van der Waals surface area contributed by atoms with Gasteiger partial charge in [-0.15, -0.1) is 0 Å². The minimum atomic E-state index is -6.81. The summed E-state index contributed by atoms with van der Waals surface area (Å²) in [4.78, 5) is 0. The maximum absolute atomic E-state index is 12.8. The first kappa shape index (κ1) is 91.3. The van der Waals surface area contributed by atoms with E-state index in [-0.39, 0.29) is 0 Å². The van der Waals surface area contributed by atoms with E-state index in [4.69, 9.17) is 33.2 Å². The van der Waals surface area contributed by atoms with Crippen LogP contribution in [0.1, 0.15) is 0 Å². The highest BCUT2D eigenvalue weighted by Crippen LogP contribution is 2.41. The topological polar surface area (TPSA) is 955 Å².